The molecule has 2 aromatic rings. The Morgan fingerprint density at radius 1 is 1.10 bits per heavy atom. The molecule has 5 nitrogen and oxygen atoms in total. The zero-order chi connectivity index (χ0) is 15.4. The van der Waals surface area contributed by atoms with Crippen molar-refractivity contribution in [1.82, 2.24) is 4.98 Å². The Balaban J connectivity index is 2.08. The lowest BCUT2D eigenvalue weighted by atomic mass is 10.1. The van der Waals surface area contributed by atoms with Crippen molar-refractivity contribution in [3.05, 3.63) is 59.2 Å². The molecular weight excluding hydrogens is 277 g/mol. The summed E-state index contributed by atoms with van der Waals surface area (Å²) < 4.78 is 13.5. The first-order valence-corrected chi connectivity index (χ1v) is 6.18. The molecule has 1 aromatic carbocycles. The number of Topliss-reactive ketones (excluding diaryl/α,β-unsaturated/α-hetero) is 2. The van der Waals surface area contributed by atoms with Gasteiger partial charge in [-0.15, -0.1) is 0 Å². The van der Waals surface area contributed by atoms with Gasteiger partial charge in [0.25, 0.3) is 0 Å². The maximum absolute atomic E-state index is 13.5. The number of H-pyrrole nitrogens is 1. The first-order chi connectivity index (χ1) is 9.97. The summed E-state index contributed by atoms with van der Waals surface area (Å²) >= 11 is 0. The van der Waals surface area contributed by atoms with Gasteiger partial charge >= 0.3 is 5.97 Å². The van der Waals surface area contributed by atoms with Gasteiger partial charge in [-0.1, -0.05) is 18.2 Å². The number of carboxylic acids is 1. The molecule has 0 bridgehead atoms. The van der Waals surface area contributed by atoms with Crippen molar-refractivity contribution < 1.29 is 23.9 Å². The van der Waals surface area contributed by atoms with E-state index in [4.69, 9.17) is 5.11 Å². The van der Waals surface area contributed by atoms with Crippen LogP contribution in [0.4, 0.5) is 4.39 Å². The molecule has 6 heteroatoms. The van der Waals surface area contributed by atoms with E-state index < -0.39 is 24.0 Å². The van der Waals surface area contributed by atoms with Crippen LogP contribution in [0.25, 0.3) is 0 Å². The van der Waals surface area contributed by atoms with Crippen LogP contribution >= 0.6 is 0 Å². The van der Waals surface area contributed by atoms with Gasteiger partial charge < -0.3 is 10.1 Å². The molecule has 2 N–H and O–H groups in total. The van der Waals surface area contributed by atoms with Gasteiger partial charge in [-0.2, -0.15) is 0 Å². The molecule has 0 amide bonds. The van der Waals surface area contributed by atoms with Crippen molar-refractivity contribution in [2.75, 3.05) is 0 Å². The Morgan fingerprint density at radius 3 is 2.48 bits per heavy atom. The lowest BCUT2D eigenvalue weighted by Gasteiger charge is -2.01. The predicted octanol–water partition coefficient (Wildman–Crippen LogP) is 1.97. The Bertz CT molecular complexity index is 705. The third-order valence-corrected chi connectivity index (χ3v) is 2.95. The predicted molar refractivity (Wildman–Crippen MR) is 71.6 cm³/mol. The second-order valence-corrected chi connectivity index (χ2v) is 4.49. The second-order valence-electron chi connectivity index (χ2n) is 4.49. The molecule has 21 heavy (non-hydrogen) atoms. The normalized spacial score (nSPS) is 10.3. The molecule has 0 saturated heterocycles. The quantitative estimate of drug-likeness (QED) is 0.483. The van der Waals surface area contributed by atoms with Crippen molar-refractivity contribution in [2.45, 2.75) is 12.8 Å². The SMILES string of the molecule is O=C(O)C(=O)CC(=O)c1ccc(Cc2ccccc2F)[nH]1. The molecule has 0 unspecified atom stereocenters. The number of rotatable bonds is 6. The fraction of sp³-hybridized carbons (Fsp3) is 0.133. The number of hydrogen-bond acceptors (Lipinski definition) is 3. The number of aromatic nitrogens is 1. The number of ketones is 2. The van der Waals surface area contributed by atoms with Gasteiger partial charge in [0.1, 0.15) is 5.82 Å². The summed E-state index contributed by atoms with van der Waals surface area (Å²) in [5, 5.41) is 8.45. The Morgan fingerprint density at radius 2 is 1.81 bits per heavy atom. The van der Waals surface area contributed by atoms with Crippen LogP contribution in [0.15, 0.2) is 36.4 Å². The summed E-state index contributed by atoms with van der Waals surface area (Å²) in [6.07, 6.45) is -0.429. The van der Waals surface area contributed by atoms with Crippen molar-refractivity contribution >= 4 is 17.5 Å². The Labute approximate surface area is 119 Å². The standard InChI is InChI=1S/C15H12FNO4/c16-11-4-2-1-3-9(11)7-10-5-6-12(17-10)13(18)8-14(19)15(20)21/h1-6,17H,7-8H2,(H,20,21). The molecule has 0 aliphatic carbocycles. The van der Waals surface area contributed by atoms with Gasteiger partial charge in [-0.25, -0.2) is 9.18 Å². The van der Waals surface area contributed by atoms with Crippen molar-refractivity contribution in [3.8, 4) is 0 Å². The minimum atomic E-state index is -1.64. The third-order valence-electron chi connectivity index (χ3n) is 2.95. The van der Waals surface area contributed by atoms with E-state index in [1.165, 1.54) is 12.1 Å². The minimum Gasteiger partial charge on any atom is -0.475 e. The van der Waals surface area contributed by atoms with Crippen LogP contribution in [0, 0.1) is 5.82 Å². The Hall–Kier alpha value is -2.76. The van der Waals surface area contributed by atoms with E-state index in [1.54, 1.807) is 24.3 Å². The van der Waals surface area contributed by atoms with Crippen LogP contribution in [0.5, 0.6) is 0 Å². The molecule has 2 rings (SSSR count). The number of aliphatic carboxylic acids is 1. The number of hydrogen-bond donors (Lipinski definition) is 2. The van der Waals surface area contributed by atoms with Gasteiger partial charge in [-0.05, 0) is 23.8 Å². The first kappa shape index (κ1) is 14.6. The molecule has 0 fully saturated rings. The highest BCUT2D eigenvalue weighted by molar-refractivity contribution is 6.37. The molecule has 1 aromatic heterocycles. The summed E-state index contributed by atoms with van der Waals surface area (Å²) in [6, 6.07) is 9.32. The topological polar surface area (TPSA) is 87.2 Å². The number of carboxylic acid groups (broad SMARTS) is 1. The molecule has 108 valence electrons. The Kier molecular flexibility index (Phi) is 4.27. The number of aromatic amines is 1. The number of halogens is 1. The smallest absolute Gasteiger partial charge is 0.372 e. The average Bonchev–Trinajstić information content (AvgIpc) is 2.90. The summed E-state index contributed by atoms with van der Waals surface area (Å²) in [5.41, 5.74) is 1.21. The van der Waals surface area contributed by atoms with E-state index in [0.717, 1.165) is 0 Å². The summed E-state index contributed by atoms with van der Waals surface area (Å²) in [7, 11) is 0. The number of carbonyl (C=O) groups excluding carboxylic acids is 2. The van der Waals surface area contributed by atoms with Crippen LogP contribution in [0.2, 0.25) is 0 Å². The first-order valence-electron chi connectivity index (χ1n) is 6.18. The minimum absolute atomic E-state index is 0.135. The fourth-order valence-corrected chi connectivity index (χ4v) is 1.87. The lowest BCUT2D eigenvalue weighted by Crippen LogP contribution is -2.17. The molecule has 1 heterocycles. The molecule has 0 atom stereocenters. The van der Waals surface area contributed by atoms with Crippen molar-refractivity contribution in [3.63, 3.8) is 0 Å². The molecule has 0 aliphatic heterocycles. The van der Waals surface area contributed by atoms with Crippen LogP contribution in [0.3, 0.4) is 0 Å². The monoisotopic (exact) mass is 289 g/mol. The summed E-state index contributed by atoms with van der Waals surface area (Å²) in [6.45, 7) is 0. The van der Waals surface area contributed by atoms with Gasteiger partial charge in [0, 0.05) is 12.1 Å². The number of nitrogens with one attached hydrogen (secondary N) is 1. The average molecular weight is 289 g/mol. The van der Waals surface area contributed by atoms with E-state index in [0.29, 0.717) is 11.3 Å². The van der Waals surface area contributed by atoms with Crippen molar-refractivity contribution in [1.29, 1.82) is 0 Å². The van der Waals surface area contributed by atoms with Gasteiger partial charge in [0.15, 0.2) is 5.78 Å². The lowest BCUT2D eigenvalue weighted by molar-refractivity contribution is -0.148. The number of benzene rings is 1. The van der Waals surface area contributed by atoms with Gasteiger partial charge in [0.05, 0.1) is 12.1 Å². The number of carbonyl (C=O) groups is 3. The molecule has 0 saturated carbocycles. The molecule has 0 radical (unpaired) electrons. The van der Waals surface area contributed by atoms with Crippen LogP contribution in [-0.2, 0) is 16.0 Å². The highest BCUT2D eigenvalue weighted by atomic mass is 19.1. The summed E-state index contributed by atoms with van der Waals surface area (Å²) in [4.78, 5) is 35.9. The van der Waals surface area contributed by atoms with E-state index in [1.807, 2.05) is 0 Å². The van der Waals surface area contributed by atoms with Crippen LogP contribution in [0.1, 0.15) is 28.2 Å². The fourth-order valence-electron chi connectivity index (χ4n) is 1.87. The zero-order valence-electron chi connectivity index (χ0n) is 10.9. The highest BCUT2D eigenvalue weighted by Gasteiger charge is 2.18. The van der Waals surface area contributed by atoms with Crippen LogP contribution in [-0.4, -0.2) is 27.6 Å². The second kappa shape index (κ2) is 6.13. The molecular formula is C15H12FNO4. The highest BCUT2D eigenvalue weighted by Crippen LogP contribution is 2.13. The van der Waals surface area contributed by atoms with E-state index in [-0.39, 0.29) is 17.9 Å². The van der Waals surface area contributed by atoms with Crippen molar-refractivity contribution in [2.24, 2.45) is 0 Å². The van der Waals surface area contributed by atoms with Crippen LogP contribution < -0.4 is 0 Å². The van der Waals surface area contributed by atoms with E-state index >= 15 is 0 Å². The maximum atomic E-state index is 13.5. The van der Waals surface area contributed by atoms with E-state index in [9.17, 15) is 18.8 Å². The summed E-state index contributed by atoms with van der Waals surface area (Å²) in [5.74, 6) is -3.75. The third kappa shape index (κ3) is 3.62. The van der Waals surface area contributed by atoms with Gasteiger partial charge in [-0.3, -0.25) is 9.59 Å². The molecule has 0 spiro atoms. The maximum Gasteiger partial charge on any atom is 0.372 e. The van der Waals surface area contributed by atoms with E-state index in [2.05, 4.69) is 4.98 Å². The molecule has 0 aliphatic rings. The zero-order valence-corrected chi connectivity index (χ0v) is 10.9. The van der Waals surface area contributed by atoms with Gasteiger partial charge in [0.2, 0.25) is 5.78 Å². The largest absolute Gasteiger partial charge is 0.475 e.